The van der Waals surface area contributed by atoms with E-state index in [0.29, 0.717) is 6.42 Å². The van der Waals surface area contributed by atoms with Crippen molar-refractivity contribution in [2.24, 2.45) is 11.7 Å². The van der Waals surface area contributed by atoms with E-state index in [2.05, 4.69) is 0 Å². The van der Waals surface area contributed by atoms with E-state index >= 15 is 0 Å². The average Bonchev–Trinajstić information content (AvgIpc) is 2.70. The molecule has 1 aliphatic carbocycles. The number of halogens is 1. The average molecular weight is 233 g/mol. The van der Waals surface area contributed by atoms with Crippen molar-refractivity contribution in [2.75, 3.05) is 0 Å². The second kappa shape index (κ2) is 4.80. The van der Waals surface area contributed by atoms with E-state index in [-0.39, 0.29) is 30.0 Å². The largest absolute Gasteiger partial charge is 0.324 e. The molecular formula is C14H16FNO. The summed E-state index contributed by atoms with van der Waals surface area (Å²) in [7, 11) is 0. The molecular weight excluding hydrogens is 217 g/mol. The molecule has 2 rings (SSSR count). The molecule has 1 aromatic rings. The van der Waals surface area contributed by atoms with Crippen LogP contribution in [0, 0.1) is 18.7 Å². The summed E-state index contributed by atoms with van der Waals surface area (Å²) in [6.45, 7) is 1.89. The van der Waals surface area contributed by atoms with Crippen LogP contribution < -0.4 is 5.73 Å². The molecule has 0 amide bonds. The summed E-state index contributed by atoms with van der Waals surface area (Å²) >= 11 is 0. The van der Waals surface area contributed by atoms with Crippen LogP contribution >= 0.6 is 0 Å². The van der Waals surface area contributed by atoms with Gasteiger partial charge in [0.1, 0.15) is 11.6 Å². The van der Waals surface area contributed by atoms with Gasteiger partial charge in [0, 0.05) is 18.4 Å². The molecule has 0 aromatic heterocycles. The first-order chi connectivity index (χ1) is 8.06. The van der Waals surface area contributed by atoms with Gasteiger partial charge in [-0.2, -0.15) is 0 Å². The van der Waals surface area contributed by atoms with Crippen molar-refractivity contribution >= 4 is 5.78 Å². The molecule has 0 radical (unpaired) electrons. The van der Waals surface area contributed by atoms with Crippen molar-refractivity contribution in [1.82, 2.24) is 0 Å². The highest BCUT2D eigenvalue weighted by Gasteiger charge is 2.22. The highest BCUT2D eigenvalue weighted by atomic mass is 19.1. The predicted octanol–water partition coefficient (Wildman–Crippen LogP) is 2.15. The minimum Gasteiger partial charge on any atom is -0.324 e. The molecule has 2 N–H and O–H groups in total. The minimum atomic E-state index is -0.294. The molecule has 1 aromatic carbocycles. The molecule has 0 spiro atoms. The Morgan fingerprint density at radius 2 is 2.24 bits per heavy atom. The van der Waals surface area contributed by atoms with Gasteiger partial charge >= 0.3 is 0 Å². The minimum absolute atomic E-state index is 0.0162. The number of aryl methyl sites for hydroxylation is 1. The molecule has 3 heteroatoms. The second-order valence-corrected chi connectivity index (χ2v) is 4.60. The number of benzene rings is 1. The van der Waals surface area contributed by atoms with E-state index in [1.54, 1.807) is 6.07 Å². The molecule has 2 unspecified atom stereocenters. The van der Waals surface area contributed by atoms with Crippen molar-refractivity contribution in [2.45, 2.75) is 25.8 Å². The fourth-order valence-corrected chi connectivity index (χ4v) is 2.12. The predicted molar refractivity (Wildman–Crippen MR) is 65.1 cm³/mol. The molecule has 0 saturated heterocycles. The van der Waals surface area contributed by atoms with Gasteiger partial charge in [-0.15, -0.1) is 0 Å². The Balaban J connectivity index is 2.08. The molecule has 0 fully saturated rings. The third-order valence-corrected chi connectivity index (χ3v) is 3.21. The van der Waals surface area contributed by atoms with Crippen LogP contribution in [0.5, 0.6) is 0 Å². The number of carbonyl (C=O) groups is 1. The number of allylic oxidation sites excluding steroid dienone is 1. The molecule has 0 bridgehead atoms. The maximum Gasteiger partial charge on any atom is 0.144 e. The van der Waals surface area contributed by atoms with Crippen molar-refractivity contribution < 1.29 is 9.18 Å². The first kappa shape index (κ1) is 12.0. The summed E-state index contributed by atoms with van der Waals surface area (Å²) < 4.78 is 13.1. The van der Waals surface area contributed by atoms with Crippen LogP contribution in [-0.4, -0.2) is 11.8 Å². The van der Waals surface area contributed by atoms with E-state index in [9.17, 15) is 9.18 Å². The van der Waals surface area contributed by atoms with E-state index in [1.165, 1.54) is 12.1 Å². The van der Waals surface area contributed by atoms with Gasteiger partial charge in [-0.05, 0) is 36.6 Å². The van der Waals surface area contributed by atoms with E-state index in [1.807, 2.05) is 19.1 Å². The molecule has 2 nitrogen and oxygen atoms in total. The van der Waals surface area contributed by atoms with Crippen molar-refractivity contribution in [3.05, 3.63) is 47.3 Å². The van der Waals surface area contributed by atoms with Crippen LogP contribution in [0.15, 0.2) is 30.4 Å². The Bertz CT molecular complexity index is 467. The maximum absolute atomic E-state index is 13.1. The van der Waals surface area contributed by atoms with Gasteiger partial charge in [-0.25, -0.2) is 4.39 Å². The quantitative estimate of drug-likeness (QED) is 0.813. The number of hydrogen-bond donors (Lipinski definition) is 1. The Morgan fingerprint density at radius 1 is 1.47 bits per heavy atom. The van der Waals surface area contributed by atoms with Crippen molar-refractivity contribution in [1.29, 1.82) is 0 Å². The summed E-state index contributed by atoms with van der Waals surface area (Å²) in [5, 5.41) is 0. The molecule has 0 saturated carbocycles. The van der Waals surface area contributed by atoms with Crippen LogP contribution in [0.25, 0.3) is 0 Å². The van der Waals surface area contributed by atoms with Gasteiger partial charge in [-0.3, -0.25) is 4.79 Å². The van der Waals surface area contributed by atoms with Crippen LogP contribution in [0.4, 0.5) is 4.39 Å². The summed E-state index contributed by atoms with van der Waals surface area (Å²) in [5.74, 6) is -0.285. The lowest BCUT2D eigenvalue weighted by molar-refractivity contribution is -0.120. The van der Waals surface area contributed by atoms with E-state index in [4.69, 9.17) is 5.73 Å². The van der Waals surface area contributed by atoms with E-state index < -0.39 is 0 Å². The molecule has 90 valence electrons. The van der Waals surface area contributed by atoms with Gasteiger partial charge in [0.05, 0.1) is 0 Å². The zero-order valence-corrected chi connectivity index (χ0v) is 9.82. The van der Waals surface area contributed by atoms with Gasteiger partial charge < -0.3 is 5.73 Å². The summed E-state index contributed by atoms with van der Waals surface area (Å²) in [6, 6.07) is 4.53. The van der Waals surface area contributed by atoms with Gasteiger partial charge in [-0.1, -0.05) is 18.2 Å². The van der Waals surface area contributed by atoms with Gasteiger partial charge in [0.15, 0.2) is 0 Å². The molecule has 1 aliphatic rings. The van der Waals surface area contributed by atoms with Gasteiger partial charge in [0.25, 0.3) is 0 Å². The second-order valence-electron chi connectivity index (χ2n) is 4.60. The Labute approximate surface area is 100 Å². The SMILES string of the molecule is Cc1ccc(F)cc1CC(=O)C1C=CC(N)C1. The van der Waals surface area contributed by atoms with E-state index in [0.717, 1.165) is 11.1 Å². The number of carbonyl (C=O) groups excluding carboxylic acids is 1. The number of rotatable bonds is 3. The number of hydrogen-bond acceptors (Lipinski definition) is 2. The monoisotopic (exact) mass is 233 g/mol. The first-order valence-electron chi connectivity index (χ1n) is 5.78. The highest BCUT2D eigenvalue weighted by molar-refractivity contribution is 5.85. The molecule has 0 heterocycles. The van der Waals surface area contributed by atoms with Crippen LogP contribution in [-0.2, 0) is 11.2 Å². The van der Waals surface area contributed by atoms with Crippen LogP contribution in [0.1, 0.15) is 17.5 Å². The van der Waals surface area contributed by atoms with Crippen LogP contribution in [0.2, 0.25) is 0 Å². The van der Waals surface area contributed by atoms with Crippen molar-refractivity contribution in [3.63, 3.8) is 0 Å². The Kier molecular flexibility index (Phi) is 3.38. The standard InChI is InChI=1S/C14H16FNO/c1-9-2-4-12(15)6-11(9)8-14(17)10-3-5-13(16)7-10/h2-6,10,13H,7-8,16H2,1H3. The summed E-state index contributed by atoms with van der Waals surface area (Å²) in [6.07, 6.45) is 4.68. The molecule has 2 atom stereocenters. The first-order valence-corrected chi connectivity index (χ1v) is 5.78. The zero-order valence-electron chi connectivity index (χ0n) is 9.82. The maximum atomic E-state index is 13.1. The fraction of sp³-hybridized carbons (Fsp3) is 0.357. The van der Waals surface area contributed by atoms with Crippen LogP contribution in [0.3, 0.4) is 0 Å². The summed E-state index contributed by atoms with van der Waals surface area (Å²) in [4.78, 5) is 12.0. The normalized spacial score (nSPS) is 23.0. The fourth-order valence-electron chi connectivity index (χ4n) is 2.12. The molecule has 17 heavy (non-hydrogen) atoms. The summed E-state index contributed by atoms with van der Waals surface area (Å²) in [5.41, 5.74) is 7.43. The third kappa shape index (κ3) is 2.80. The lowest BCUT2D eigenvalue weighted by atomic mass is 9.95. The topological polar surface area (TPSA) is 43.1 Å². The highest BCUT2D eigenvalue weighted by Crippen LogP contribution is 2.20. The number of Topliss-reactive ketones (excluding diaryl/α,β-unsaturated/α-hetero) is 1. The zero-order chi connectivity index (χ0) is 12.4. The van der Waals surface area contributed by atoms with Gasteiger partial charge in [0.2, 0.25) is 0 Å². The smallest absolute Gasteiger partial charge is 0.144 e. The Morgan fingerprint density at radius 3 is 2.88 bits per heavy atom. The number of nitrogens with two attached hydrogens (primary N) is 1. The number of ketones is 1. The lowest BCUT2D eigenvalue weighted by Gasteiger charge is -2.10. The third-order valence-electron chi connectivity index (χ3n) is 3.21. The molecule has 0 aliphatic heterocycles. The van der Waals surface area contributed by atoms with Crippen molar-refractivity contribution in [3.8, 4) is 0 Å². The Hall–Kier alpha value is -1.48. The lowest BCUT2D eigenvalue weighted by Crippen LogP contribution is -2.20.